The quantitative estimate of drug-likeness (QED) is 0.354. The Morgan fingerprint density at radius 1 is 1.07 bits per heavy atom. The Morgan fingerprint density at radius 3 is 2.26 bits per heavy atom. The second-order valence-corrected chi connectivity index (χ2v) is 5.57. The minimum absolute atomic E-state index is 0.0566. The van der Waals surface area contributed by atoms with Gasteiger partial charge in [0.25, 0.3) is 0 Å². The Balaban J connectivity index is 1.94. The van der Waals surface area contributed by atoms with Crippen molar-refractivity contribution < 1.29 is 49.0 Å². The molecule has 2 amide bonds. The molecular formula is C15H18N2O10. The highest BCUT2D eigenvalue weighted by atomic mass is 16.7. The van der Waals surface area contributed by atoms with E-state index < -0.39 is 48.9 Å². The Kier molecular flexibility index (Phi) is 6.52. The normalized spacial score (nSPS) is 27.4. The number of primary amides is 1. The lowest BCUT2D eigenvalue weighted by molar-refractivity contribution is -0.277. The summed E-state index contributed by atoms with van der Waals surface area (Å²) in [5.74, 6) is -1.60. The van der Waals surface area contributed by atoms with Crippen molar-refractivity contribution in [3.63, 3.8) is 0 Å². The number of aliphatic hydroxyl groups is 3. The first-order valence-electron chi connectivity index (χ1n) is 7.60. The summed E-state index contributed by atoms with van der Waals surface area (Å²) in [6.07, 6.45) is -11.4. The van der Waals surface area contributed by atoms with E-state index in [9.17, 15) is 29.7 Å². The Bertz CT molecular complexity index is 694. The number of carboxylic acid groups (broad SMARTS) is 1. The predicted molar refractivity (Wildman–Crippen MR) is 85.2 cm³/mol. The topological polar surface area (TPSA) is 198 Å². The van der Waals surface area contributed by atoms with E-state index in [-0.39, 0.29) is 12.3 Å². The van der Waals surface area contributed by atoms with Crippen molar-refractivity contribution in [2.24, 2.45) is 5.73 Å². The van der Waals surface area contributed by atoms with Crippen molar-refractivity contribution in [2.45, 2.75) is 37.3 Å². The summed E-state index contributed by atoms with van der Waals surface area (Å²) in [5.41, 5.74) is 5.71. The van der Waals surface area contributed by atoms with E-state index in [4.69, 9.17) is 20.3 Å². The third-order valence-electron chi connectivity index (χ3n) is 3.62. The molecule has 0 bridgehead atoms. The summed E-state index contributed by atoms with van der Waals surface area (Å²) in [5, 5.41) is 40.2. The maximum Gasteiger partial charge on any atom is 0.414 e. The molecule has 0 aromatic heterocycles. The minimum Gasteiger partial charge on any atom is -0.479 e. The van der Waals surface area contributed by atoms with Crippen LogP contribution in [0, 0.1) is 0 Å². The molecule has 148 valence electrons. The number of benzene rings is 1. The van der Waals surface area contributed by atoms with Gasteiger partial charge in [-0.05, 0) is 17.7 Å². The predicted octanol–water partition coefficient (Wildman–Crippen LogP) is -1.28. The summed E-state index contributed by atoms with van der Waals surface area (Å²) in [6.45, 7) is -0.0566. The van der Waals surface area contributed by atoms with Gasteiger partial charge < -0.3 is 40.4 Å². The summed E-state index contributed by atoms with van der Waals surface area (Å²) in [6, 6.07) is 5.98. The SMILES string of the molecule is NC(=O)OCc1ccc(NC(=O)OC2OC(C(=O)O)C(O)C(O)C2O)cc1. The zero-order chi connectivity index (χ0) is 20.1. The molecule has 1 aromatic carbocycles. The van der Waals surface area contributed by atoms with E-state index in [1.54, 1.807) is 0 Å². The standard InChI is InChI=1S/C15H18N2O10/c16-14(23)25-5-6-1-3-7(4-2-6)17-15(24)27-13-10(20)8(18)9(19)11(26-13)12(21)22/h1-4,8-11,13,18-20H,5H2,(H2,16,23)(H,17,24)(H,21,22). The Hall–Kier alpha value is -2.93. The molecule has 1 heterocycles. The molecule has 7 N–H and O–H groups in total. The van der Waals surface area contributed by atoms with Gasteiger partial charge in [-0.2, -0.15) is 0 Å². The molecule has 1 aliphatic heterocycles. The number of rotatable bonds is 5. The Labute approximate surface area is 152 Å². The number of nitrogens with two attached hydrogens (primary N) is 1. The summed E-state index contributed by atoms with van der Waals surface area (Å²) in [7, 11) is 0. The number of amides is 2. The zero-order valence-corrected chi connectivity index (χ0v) is 13.7. The molecule has 1 saturated heterocycles. The number of nitrogens with one attached hydrogen (secondary N) is 1. The number of hydrogen-bond donors (Lipinski definition) is 6. The lowest BCUT2D eigenvalue weighted by Crippen LogP contribution is -2.60. The molecule has 0 spiro atoms. The molecule has 1 aliphatic rings. The molecular weight excluding hydrogens is 368 g/mol. The number of hydrogen-bond acceptors (Lipinski definition) is 9. The highest BCUT2D eigenvalue weighted by molar-refractivity contribution is 5.84. The number of carbonyl (C=O) groups excluding carboxylic acids is 2. The third-order valence-corrected chi connectivity index (χ3v) is 3.62. The fourth-order valence-corrected chi connectivity index (χ4v) is 2.24. The van der Waals surface area contributed by atoms with Crippen LogP contribution in [-0.2, 0) is 25.6 Å². The van der Waals surface area contributed by atoms with Crippen LogP contribution >= 0.6 is 0 Å². The number of carbonyl (C=O) groups is 3. The molecule has 27 heavy (non-hydrogen) atoms. The second kappa shape index (κ2) is 8.64. The summed E-state index contributed by atoms with van der Waals surface area (Å²) < 4.78 is 14.2. The van der Waals surface area contributed by atoms with E-state index in [2.05, 4.69) is 10.1 Å². The van der Waals surface area contributed by atoms with E-state index in [1.807, 2.05) is 0 Å². The van der Waals surface area contributed by atoms with Gasteiger partial charge in [0, 0.05) is 5.69 Å². The van der Waals surface area contributed by atoms with Crippen LogP contribution in [0.3, 0.4) is 0 Å². The van der Waals surface area contributed by atoms with Gasteiger partial charge in [0.2, 0.25) is 6.29 Å². The Morgan fingerprint density at radius 2 is 1.70 bits per heavy atom. The lowest BCUT2D eigenvalue weighted by atomic mass is 9.99. The monoisotopic (exact) mass is 386 g/mol. The van der Waals surface area contributed by atoms with Gasteiger partial charge in [0.15, 0.2) is 6.10 Å². The van der Waals surface area contributed by atoms with Gasteiger partial charge in [-0.15, -0.1) is 0 Å². The first-order chi connectivity index (χ1) is 12.7. The number of aliphatic hydroxyl groups excluding tert-OH is 3. The molecule has 1 aromatic rings. The average molecular weight is 386 g/mol. The fourth-order valence-electron chi connectivity index (χ4n) is 2.24. The third kappa shape index (κ3) is 5.27. The average Bonchev–Trinajstić information content (AvgIpc) is 2.61. The van der Waals surface area contributed by atoms with Gasteiger partial charge in [0.1, 0.15) is 24.9 Å². The van der Waals surface area contributed by atoms with Crippen molar-refractivity contribution in [3.05, 3.63) is 29.8 Å². The van der Waals surface area contributed by atoms with Crippen molar-refractivity contribution in [3.8, 4) is 0 Å². The van der Waals surface area contributed by atoms with Crippen LogP contribution in [0.25, 0.3) is 0 Å². The van der Waals surface area contributed by atoms with E-state index in [0.29, 0.717) is 5.56 Å². The van der Waals surface area contributed by atoms with Crippen LogP contribution in [0.4, 0.5) is 15.3 Å². The fraction of sp³-hybridized carbons (Fsp3) is 0.400. The number of anilines is 1. The molecule has 0 radical (unpaired) electrons. The number of ether oxygens (including phenoxy) is 3. The molecule has 0 saturated carbocycles. The summed E-state index contributed by atoms with van der Waals surface area (Å²) in [4.78, 5) is 33.4. The summed E-state index contributed by atoms with van der Waals surface area (Å²) >= 11 is 0. The molecule has 5 atom stereocenters. The number of carboxylic acids is 1. The van der Waals surface area contributed by atoms with E-state index >= 15 is 0 Å². The highest BCUT2D eigenvalue weighted by Crippen LogP contribution is 2.23. The van der Waals surface area contributed by atoms with E-state index in [1.165, 1.54) is 24.3 Å². The molecule has 1 fully saturated rings. The van der Waals surface area contributed by atoms with Crippen LogP contribution in [0.2, 0.25) is 0 Å². The van der Waals surface area contributed by atoms with Crippen LogP contribution in [0.15, 0.2) is 24.3 Å². The first-order valence-corrected chi connectivity index (χ1v) is 7.60. The highest BCUT2D eigenvalue weighted by Gasteiger charge is 2.48. The molecule has 5 unspecified atom stereocenters. The van der Waals surface area contributed by atoms with Crippen molar-refractivity contribution in [1.29, 1.82) is 0 Å². The number of aliphatic carboxylic acids is 1. The first kappa shape index (κ1) is 20.4. The second-order valence-electron chi connectivity index (χ2n) is 5.57. The molecule has 12 nitrogen and oxygen atoms in total. The van der Waals surface area contributed by atoms with Crippen LogP contribution in [0.5, 0.6) is 0 Å². The van der Waals surface area contributed by atoms with Gasteiger partial charge in [0.05, 0.1) is 0 Å². The smallest absolute Gasteiger partial charge is 0.414 e. The molecule has 12 heteroatoms. The van der Waals surface area contributed by atoms with Crippen LogP contribution in [-0.4, -0.2) is 69.3 Å². The van der Waals surface area contributed by atoms with Crippen LogP contribution in [0.1, 0.15) is 5.56 Å². The van der Waals surface area contributed by atoms with Crippen LogP contribution < -0.4 is 11.1 Å². The van der Waals surface area contributed by atoms with E-state index in [0.717, 1.165) is 0 Å². The van der Waals surface area contributed by atoms with Crippen molar-refractivity contribution >= 4 is 23.8 Å². The lowest BCUT2D eigenvalue weighted by Gasteiger charge is -2.37. The van der Waals surface area contributed by atoms with Crippen molar-refractivity contribution in [2.75, 3.05) is 5.32 Å². The zero-order valence-electron chi connectivity index (χ0n) is 13.7. The molecule has 0 aliphatic carbocycles. The van der Waals surface area contributed by atoms with Crippen molar-refractivity contribution in [1.82, 2.24) is 0 Å². The van der Waals surface area contributed by atoms with Gasteiger partial charge in [-0.3, -0.25) is 5.32 Å². The van der Waals surface area contributed by atoms with Gasteiger partial charge in [-0.25, -0.2) is 14.4 Å². The minimum atomic E-state index is -1.89. The maximum atomic E-state index is 11.9. The van der Waals surface area contributed by atoms with Gasteiger partial charge in [-0.1, -0.05) is 12.1 Å². The largest absolute Gasteiger partial charge is 0.479 e. The maximum absolute atomic E-state index is 11.9. The molecule has 2 rings (SSSR count). The van der Waals surface area contributed by atoms with Gasteiger partial charge >= 0.3 is 18.2 Å².